The molecule has 0 radical (unpaired) electrons. The number of piperidine rings is 1. The SMILES string of the molecule is O=C(NC(=Cc1ccco1)C(=O)N1CCCCC1)c1ccc([N+](=O)[O-])cc1. The van der Waals surface area contributed by atoms with E-state index in [-0.39, 0.29) is 22.9 Å². The zero-order chi connectivity index (χ0) is 19.2. The smallest absolute Gasteiger partial charge is 0.270 e. The molecule has 3 rings (SSSR count). The Morgan fingerprint density at radius 2 is 1.81 bits per heavy atom. The van der Waals surface area contributed by atoms with Crippen LogP contribution in [0.5, 0.6) is 0 Å². The summed E-state index contributed by atoms with van der Waals surface area (Å²) in [7, 11) is 0. The van der Waals surface area contributed by atoms with Crippen LogP contribution < -0.4 is 5.32 Å². The van der Waals surface area contributed by atoms with E-state index >= 15 is 0 Å². The van der Waals surface area contributed by atoms with Crippen LogP contribution in [0.4, 0.5) is 5.69 Å². The summed E-state index contributed by atoms with van der Waals surface area (Å²) in [5.41, 5.74) is 0.217. The minimum Gasteiger partial charge on any atom is -0.465 e. The van der Waals surface area contributed by atoms with Gasteiger partial charge in [0.25, 0.3) is 17.5 Å². The van der Waals surface area contributed by atoms with Crippen LogP contribution in [0.2, 0.25) is 0 Å². The molecule has 2 amide bonds. The lowest BCUT2D eigenvalue weighted by atomic mass is 10.1. The van der Waals surface area contributed by atoms with Gasteiger partial charge in [0.05, 0.1) is 11.2 Å². The lowest BCUT2D eigenvalue weighted by molar-refractivity contribution is -0.384. The van der Waals surface area contributed by atoms with E-state index < -0.39 is 10.8 Å². The lowest BCUT2D eigenvalue weighted by Gasteiger charge is -2.27. The number of nitrogens with one attached hydrogen (secondary N) is 1. The number of furan rings is 1. The molecular weight excluding hydrogens is 350 g/mol. The molecule has 27 heavy (non-hydrogen) atoms. The van der Waals surface area contributed by atoms with Crippen LogP contribution in [0.15, 0.2) is 52.8 Å². The van der Waals surface area contributed by atoms with E-state index in [1.165, 1.54) is 36.6 Å². The highest BCUT2D eigenvalue weighted by Gasteiger charge is 2.23. The molecule has 1 aromatic heterocycles. The Balaban J connectivity index is 1.81. The van der Waals surface area contributed by atoms with Crippen LogP contribution >= 0.6 is 0 Å². The van der Waals surface area contributed by atoms with Gasteiger partial charge in [-0.1, -0.05) is 0 Å². The maximum Gasteiger partial charge on any atom is 0.270 e. The number of non-ortho nitro benzene ring substituents is 1. The minimum atomic E-state index is -0.538. The third kappa shape index (κ3) is 4.60. The second kappa shape index (κ2) is 8.31. The number of benzene rings is 1. The van der Waals surface area contributed by atoms with E-state index in [1.807, 2.05) is 0 Å². The number of hydrogen-bond acceptors (Lipinski definition) is 5. The summed E-state index contributed by atoms with van der Waals surface area (Å²) in [6.45, 7) is 1.28. The first kappa shape index (κ1) is 18.4. The number of nitro benzene ring substituents is 1. The largest absolute Gasteiger partial charge is 0.465 e. The van der Waals surface area contributed by atoms with E-state index in [1.54, 1.807) is 17.0 Å². The Morgan fingerprint density at radius 1 is 1.11 bits per heavy atom. The number of likely N-dealkylation sites (tertiary alicyclic amines) is 1. The molecule has 0 spiro atoms. The maximum absolute atomic E-state index is 12.8. The molecule has 0 aliphatic carbocycles. The van der Waals surface area contributed by atoms with E-state index in [0.717, 1.165) is 19.3 Å². The van der Waals surface area contributed by atoms with E-state index in [4.69, 9.17) is 4.42 Å². The third-order valence-electron chi connectivity index (χ3n) is 4.29. The summed E-state index contributed by atoms with van der Waals surface area (Å²) in [5.74, 6) is -0.353. The normalized spacial score (nSPS) is 14.7. The van der Waals surface area contributed by atoms with Crippen molar-refractivity contribution in [2.75, 3.05) is 13.1 Å². The van der Waals surface area contributed by atoms with Crippen molar-refractivity contribution in [1.29, 1.82) is 0 Å². The van der Waals surface area contributed by atoms with Crippen LogP contribution in [-0.2, 0) is 4.79 Å². The van der Waals surface area contributed by atoms with Gasteiger partial charge in [-0.3, -0.25) is 19.7 Å². The number of nitro groups is 1. The van der Waals surface area contributed by atoms with Crippen molar-refractivity contribution in [1.82, 2.24) is 10.2 Å². The molecule has 2 aromatic rings. The van der Waals surface area contributed by atoms with Gasteiger partial charge in [0.2, 0.25) is 0 Å². The Morgan fingerprint density at radius 3 is 2.41 bits per heavy atom. The van der Waals surface area contributed by atoms with Gasteiger partial charge in [0.15, 0.2) is 0 Å². The van der Waals surface area contributed by atoms with Crippen molar-refractivity contribution in [3.8, 4) is 0 Å². The molecule has 0 bridgehead atoms. The molecule has 1 saturated heterocycles. The van der Waals surface area contributed by atoms with Crippen LogP contribution in [0, 0.1) is 10.1 Å². The summed E-state index contributed by atoms with van der Waals surface area (Å²) in [5, 5.41) is 13.4. The fourth-order valence-corrected chi connectivity index (χ4v) is 2.86. The number of amides is 2. The highest BCUT2D eigenvalue weighted by molar-refractivity contribution is 6.05. The van der Waals surface area contributed by atoms with Crippen molar-refractivity contribution in [3.63, 3.8) is 0 Å². The Kier molecular flexibility index (Phi) is 5.65. The summed E-state index contributed by atoms with van der Waals surface area (Å²) in [4.78, 5) is 37.3. The molecule has 1 aliphatic heterocycles. The van der Waals surface area contributed by atoms with Crippen molar-refractivity contribution >= 4 is 23.6 Å². The van der Waals surface area contributed by atoms with Gasteiger partial charge in [0, 0.05) is 36.9 Å². The van der Waals surface area contributed by atoms with Crippen LogP contribution in [0.3, 0.4) is 0 Å². The highest BCUT2D eigenvalue weighted by Crippen LogP contribution is 2.16. The molecule has 1 fully saturated rings. The molecule has 140 valence electrons. The molecule has 2 heterocycles. The van der Waals surface area contributed by atoms with Crippen molar-refractivity contribution in [2.45, 2.75) is 19.3 Å². The second-order valence-electron chi connectivity index (χ2n) is 6.18. The van der Waals surface area contributed by atoms with E-state index in [0.29, 0.717) is 18.8 Å². The second-order valence-corrected chi connectivity index (χ2v) is 6.18. The summed E-state index contributed by atoms with van der Waals surface area (Å²) in [6.07, 6.45) is 5.90. The van der Waals surface area contributed by atoms with Crippen LogP contribution in [0.1, 0.15) is 35.4 Å². The quantitative estimate of drug-likeness (QED) is 0.495. The number of rotatable bonds is 5. The van der Waals surface area contributed by atoms with E-state index in [2.05, 4.69) is 5.32 Å². The number of carbonyl (C=O) groups excluding carboxylic acids is 2. The number of hydrogen-bond donors (Lipinski definition) is 1. The average Bonchev–Trinajstić information content (AvgIpc) is 3.20. The molecule has 8 heteroatoms. The predicted molar refractivity (Wildman–Crippen MR) is 97.7 cm³/mol. The molecule has 1 N–H and O–H groups in total. The summed E-state index contributed by atoms with van der Waals surface area (Å²) >= 11 is 0. The first-order chi connectivity index (χ1) is 13.0. The molecule has 0 unspecified atom stereocenters. The molecule has 0 saturated carbocycles. The Labute approximate surface area is 155 Å². The van der Waals surface area contributed by atoms with Gasteiger partial charge < -0.3 is 14.6 Å². The van der Waals surface area contributed by atoms with Crippen molar-refractivity contribution in [3.05, 3.63) is 69.8 Å². The fourth-order valence-electron chi connectivity index (χ4n) is 2.86. The monoisotopic (exact) mass is 369 g/mol. The highest BCUT2D eigenvalue weighted by atomic mass is 16.6. The predicted octanol–water partition coefficient (Wildman–Crippen LogP) is 2.97. The Hall–Kier alpha value is -3.42. The van der Waals surface area contributed by atoms with Gasteiger partial charge in [0.1, 0.15) is 11.5 Å². The van der Waals surface area contributed by atoms with E-state index in [9.17, 15) is 19.7 Å². The van der Waals surface area contributed by atoms with Gasteiger partial charge in [-0.2, -0.15) is 0 Å². The van der Waals surface area contributed by atoms with Gasteiger partial charge >= 0.3 is 0 Å². The van der Waals surface area contributed by atoms with Crippen LogP contribution in [0.25, 0.3) is 6.08 Å². The molecule has 1 aliphatic rings. The standard InChI is InChI=1S/C19H19N3O5/c23-18(14-6-8-15(9-7-14)22(25)26)20-17(13-16-5-4-12-27-16)19(24)21-10-2-1-3-11-21/h4-9,12-13H,1-3,10-11H2,(H,20,23). The minimum absolute atomic E-state index is 0.107. The summed E-state index contributed by atoms with van der Waals surface area (Å²) < 4.78 is 5.26. The van der Waals surface area contributed by atoms with Crippen molar-refractivity contribution < 1.29 is 18.9 Å². The van der Waals surface area contributed by atoms with Crippen molar-refractivity contribution in [2.24, 2.45) is 0 Å². The number of nitrogens with zero attached hydrogens (tertiary/aromatic N) is 2. The topological polar surface area (TPSA) is 106 Å². The molecule has 0 atom stereocenters. The molecule has 8 nitrogen and oxygen atoms in total. The van der Waals surface area contributed by atoms with Crippen LogP contribution in [-0.4, -0.2) is 34.7 Å². The number of carbonyl (C=O) groups is 2. The Bertz CT molecular complexity index is 850. The first-order valence-corrected chi connectivity index (χ1v) is 8.65. The first-order valence-electron chi connectivity index (χ1n) is 8.65. The van der Waals surface area contributed by atoms with Gasteiger partial charge in [-0.25, -0.2) is 0 Å². The molecule has 1 aromatic carbocycles. The lowest BCUT2D eigenvalue weighted by Crippen LogP contribution is -2.41. The fraction of sp³-hybridized carbons (Fsp3) is 0.263. The average molecular weight is 369 g/mol. The zero-order valence-corrected chi connectivity index (χ0v) is 14.6. The maximum atomic E-state index is 12.8. The summed E-state index contributed by atoms with van der Waals surface area (Å²) in [6, 6.07) is 8.57. The van der Waals surface area contributed by atoms with Gasteiger partial charge in [-0.05, 0) is 43.5 Å². The molecular formula is C19H19N3O5. The third-order valence-corrected chi connectivity index (χ3v) is 4.29. The zero-order valence-electron chi connectivity index (χ0n) is 14.6. The van der Waals surface area contributed by atoms with Gasteiger partial charge in [-0.15, -0.1) is 0 Å².